The SMILES string of the molecule is C/C(=C\C=C(\N)CS)NC(=O)CCCCNS(=O)(=O)C(C)C. The molecule has 0 atom stereocenters. The molecule has 0 saturated carbocycles. The molecule has 0 aromatic heterocycles. The number of nitrogens with two attached hydrogens (primary N) is 1. The van der Waals surface area contributed by atoms with E-state index in [1.165, 1.54) is 0 Å². The molecule has 22 heavy (non-hydrogen) atoms. The number of unbranched alkanes of at least 4 members (excludes halogenated alkanes) is 1. The molecule has 0 radical (unpaired) electrons. The molecule has 0 bridgehead atoms. The molecule has 0 aliphatic heterocycles. The van der Waals surface area contributed by atoms with Crippen molar-refractivity contribution in [1.82, 2.24) is 10.0 Å². The largest absolute Gasteiger partial charge is 0.401 e. The van der Waals surface area contributed by atoms with Gasteiger partial charge in [0.2, 0.25) is 15.9 Å². The number of allylic oxidation sites excluding steroid dienone is 3. The highest BCUT2D eigenvalue weighted by molar-refractivity contribution is 7.90. The van der Waals surface area contributed by atoms with Crippen molar-refractivity contribution in [1.29, 1.82) is 0 Å². The first-order chi connectivity index (χ1) is 10.2. The van der Waals surface area contributed by atoms with Crippen molar-refractivity contribution in [3.63, 3.8) is 0 Å². The highest BCUT2D eigenvalue weighted by Gasteiger charge is 2.14. The Kier molecular flexibility index (Phi) is 10.2. The summed E-state index contributed by atoms with van der Waals surface area (Å²) in [5.41, 5.74) is 6.92. The Bertz CT molecular complexity index is 511. The molecule has 128 valence electrons. The van der Waals surface area contributed by atoms with Crippen molar-refractivity contribution in [3.8, 4) is 0 Å². The molecule has 0 rings (SSSR count). The topological polar surface area (TPSA) is 101 Å². The van der Waals surface area contributed by atoms with Gasteiger partial charge in [0.15, 0.2) is 0 Å². The zero-order valence-corrected chi connectivity index (χ0v) is 15.1. The van der Waals surface area contributed by atoms with E-state index in [4.69, 9.17) is 5.73 Å². The zero-order chi connectivity index (χ0) is 17.2. The second-order valence-corrected chi connectivity index (χ2v) is 7.88. The van der Waals surface area contributed by atoms with Crippen molar-refractivity contribution < 1.29 is 13.2 Å². The van der Waals surface area contributed by atoms with Crippen LogP contribution in [0.5, 0.6) is 0 Å². The Hall–Kier alpha value is -0.990. The van der Waals surface area contributed by atoms with Crippen LogP contribution in [0.15, 0.2) is 23.5 Å². The third-order valence-electron chi connectivity index (χ3n) is 2.82. The number of hydrogen-bond acceptors (Lipinski definition) is 5. The van der Waals surface area contributed by atoms with E-state index in [1.807, 2.05) is 0 Å². The van der Waals surface area contributed by atoms with Gasteiger partial charge in [0, 0.05) is 30.1 Å². The normalized spacial score (nSPS) is 13.5. The number of rotatable bonds is 10. The van der Waals surface area contributed by atoms with Gasteiger partial charge in [0.1, 0.15) is 0 Å². The number of thiol groups is 1. The van der Waals surface area contributed by atoms with E-state index in [0.717, 1.165) is 0 Å². The standard InChI is InChI=1S/C14H27N3O3S2/c1-11(2)22(19,20)16-9-5-4-6-14(18)17-12(3)7-8-13(15)10-21/h7-8,11,16,21H,4-6,9-10,15H2,1-3H3,(H,17,18)/b12-7+,13-8+. The van der Waals surface area contributed by atoms with Crippen LogP contribution in [-0.2, 0) is 14.8 Å². The third-order valence-corrected chi connectivity index (χ3v) is 5.03. The lowest BCUT2D eigenvalue weighted by Gasteiger charge is -2.09. The van der Waals surface area contributed by atoms with Gasteiger partial charge in [-0.05, 0) is 45.8 Å². The van der Waals surface area contributed by atoms with Crippen LogP contribution in [0.3, 0.4) is 0 Å². The Labute approximate surface area is 139 Å². The molecule has 0 saturated heterocycles. The van der Waals surface area contributed by atoms with Crippen LogP contribution in [0.4, 0.5) is 0 Å². The van der Waals surface area contributed by atoms with Crippen LogP contribution in [0, 0.1) is 0 Å². The predicted octanol–water partition coefficient (Wildman–Crippen LogP) is 1.28. The molecule has 8 heteroatoms. The van der Waals surface area contributed by atoms with Crippen LogP contribution in [0.1, 0.15) is 40.0 Å². The lowest BCUT2D eigenvalue weighted by Crippen LogP contribution is -2.31. The van der Waals surface area contributed by atoms with Crippen LogP contribution in [0.2, 0.25) is 0 Å². The molecule has 1 amide bonds. The number of sulfonamides is 1. The van der Waals surface area contributed by atoms with Gasteiger partial charge in [-0.1, -0.05) is 0 Å². The molecule has 0 fully saturated rings. The van der Waals surface area contributed by atoms with Gasteiger partial charge < -0.3 is 11.1 Å². The van der Waals surface area contributed by atoms with Gasteiger partial charge in [0.25, 0.3) is 0 Å². The molecule has 6 nitrogen and oxygen atoms in total. The summed E-state index contributed by atoms with van der Waals surface area (Å²) in [4.78, 5) is 11.7. The third kappa shape index (κ3) is 9.86. The second-order valence-electron chi connectivity index (χ2n) is 5.24. The highest BCUT2D eigenvalue weighted by atomic mass is 32.2. The molecule has 0 aromatic rings. The fourth-order valence-electron chi connectivity index (χ4n) is 1.40. The van der Waals surface area contributed by atoms with Crippen molar-refractivity contribution in [2.75, 3.05) is 12.3 Å². The van der Waals surface area contributed by atoms with Gasteiger partial charge in [-0.3, -0.25) is 4.79 Å². The maximum atomic E-state index is 11.7. The van der Waals surface area contributed by atoms with Gasteiger partial charge in [0.05, 0.1) is 5.25 Å². The summed E-state index contributed by atoms with van der Waals surface area (Å²) in [7, 11) is -3.22. The average Bonchev–Trinajstić information content (AvgIpc) is 2.43. The van der Waals surface area contributed by atoms with E-state index < -0.39 is 15.3 Å². The quantitative estimate of drug-likeness (QED) is 0.271. The van der Waals surface area contributed by atoms with E-state index in [2.05, 4.69) is 22.7 Å². The van der Waals surface area contributed by atoms with Gasteiger partial charge >= 0.3 is 0 Å². The highest BCUT2D eigenvalue weighted by Crippen LogP contribution is 2.00. The predicted molar refractivity (Wildman–Crippen MR) is 93.9 cm³/mol. The summed E-state index contributed by atoms with van der Waals surface area (Å²) < 4.78 is 25.5. The minimum Gasteiger partial charge on any atom is -0.401 e. The van der Waals surface area contributed by atoms with Crippen LogP contribution in [0.25, 0.3) is 0 Å². The fourth-order valence-corrected chi connectivity index (χ4v) is 2.27. The number of amides is 1. The van der Waals surface area contributed by atoms with Crippen molar-refractivity contribution in [3.05, 3.63) is 23.5 Å². The summed E-state index contributed by atoms with van der Waals surface area (Å²) in [6.45, 7) is 5.38. The minimum absolute atomic E-state index is 0.0988. The summed E-state index contributed by atoms with van der Waals surface area (Å²) in [6, 6.07) is 0. The maximum absolute atomic E-state index is 11.7. The Morgan fingerprint density at radius 1 is 1.27 bits per heavy atom. The lowest BCUT2D eigenvalue weighted by atomic mass is 10.2. The van der Waals surface area contributed by atoms with Gasteiger partial charge in [-0.25, -0.2) is 13.1 Å². The van der Waals surface area contributed by atoms with E-state index in [1.54, 1.807) is 32.9 Å². The number of carbonyl (C=O) groups excluding carboxylic acids is 1. The summed E-state index contributed by atoms with van der Waals surface area (Å²) >= 11 is 4.03. The molecule has 4 N–H and O–H groups in total. The van der Waals surface area contributed by atoms with Crippen LogP contribution in [-0.4, -0.2) is 31.9 Å². The van der Waals surface area contributed by atoms with E-state index in [9.17, 15) is 13.2 Å². The fraction of sp³-hybridized carbons (Fsp3) is 0.643. The minimum atomic E-state index is -3.22. The van der Waals surface area contributed by atoms with Gasteiger partial charge in [-0.15, -0.1) is 0 Å². The van der Waals surface area contributed by atoms with E-state index in [-0.39, 0.29) is 5.91 Å². The monoisotopic (exact) mass is 349 g/mol. The molecular weight excluding hydrogens is 322 g/mol. The molecular formula is C14H27N3O3S2. The molecule has 0 aliphatic carbocycles. The maximum Gasteiger partial charge on any atom is 0.224 e. The molecule has 0 aromatic carbocycles. The van der Waals surface area contributed by atoms with Gasteiger partial charge in [-0.2, -0.15) is 12.6 Å². The van der Waals surface area contributed by atoms with Crippen molar-refractivity contribution >= 4 is 28.6 Å². The Morgan fingerprint density at radius 2 is 1.91 bits per heavy atom. The Balaban J connectivity index is 3.97. The molecule has 0 heterocycles. The van der Waals surface area contributed by atoms with Crippen LogP contribution < -0.4 is 15.8 Å². The second kappa shape index (κ2) is 10.7. The smallest absolute Gasteiger partial charge is 0.224 e. The lowest BCUT2D eigenvalue weighted by molar-refractivity contribution is -0.120. The summed E-state index contributed by atoms with van der Waals surface area (Å²) in [6.07, 6.45) is 5.01. The number of hydrogen-bond donors (Lipinski definition) is 4. The number of carbonyl (C=O) groups is 1. The van der Waals surface area contributed by atoms with E-state index in [0.29, 0.717) is 43.0 Å². The molecule has 0 spiro atoms. The Morgan fingerprint density at radius 3 is 2.45 bits per heavy atom. The first-order valence-electron chi connectivity index (χ1n) is 7.21. The summed E-state index contributed by atoms with van der Waals surface area (Å²) in [5.74, 6) is 0.364. The molecule has 0 unspecified atom stereocenters. The first-order valence-corrected chi connectivity index (χ1v) is 9.39. The van der Waals surface area contributed by atoms with Crippen LogP contribution >= 0.6 is 12.6 Å². The van der Waals surface area contributed by atoms with Crippen molar-refractivity contribution in [2.45, 2.75) is 45.3 Å². The average molecular weight is 350 g/mol. The molecule has 0 aliphatic rings. The van der Waals surface area contributed by atoms with E-state index >= 15 is 0 Å². The summed E-state index contributed by atoms with van der Waals surface area (Å²) in [5, 5.41) is 2.30. The first kappa shape index (κ1) is 21.0. The van der Waals surface area contributed by atoms with Crippen molar-refractivity contribution in [2.24, 2.45) is 5.73 Å². The number of nitrogens with one attached hydrogen (secondary N) is 2. The zero-order valence-electron chi connectivity index (χ0n) is 13.4.